The van der Waals surface area contributed by atoms with Crippen LogP contribution in [0.5, 0.6) is 11.5 Å². The number of carbonyl (C=O) groups is 2. The normalized spacial score (nSPS) is 20.8. The average molecular weight is 668 g/mol. The lowest BCUT2D eigenvalue weighted by Crippen LogP contribution is -2.52. The van der Waals surface area contributed by atoms with Gasteiger partial charge in [-0.05, 0) is 82.0 Å². The molecule has 1 unspecified atom stereocenters. The van der Waals surface area contributed by atoms with E-state index < -0.39 is 52.6 Å². The summed E-state index contributed by atoms with van der Waals surface area (Å²) in [4.78, 5) is 31.1. The smallest absolute Gasteiger partial charge is 0.424 e. The highest BCUT2D eigenvalue weighted by Crippen LogP contribution is 2.49. The number of fused-ring (bicyclic) bond motifs is 2. The zero-order valence-electron chi connectivity index (χ0n) is 26.4. The van der Waals surface area contributed by atoms with E-state index in [1.165, 1.54) is 31.4 Å². The van der Waals surface area contributed by atoms with Gasteiger partial charge in [-0.1, -0.05) is 0 Å². The van der Waals surface area contributed by atoms with Crippen LogP contribution in [-0.4, -0.2) is 63.7 Å². The predicted molar refractivity (Wildman–Crippen MR) is 165 cm³/mol. The SMILES string of the molecule is COc1cc(C(=O)NCC(O)(c2cc3c(c(-c4ccc(F)cc4)n2)OC[C@]3(C)C(=O)NC2(C)CC2)C(F)(F)F)cc2cn(C3CC3)nc12. The van der Waals surface area contributed by atoms with Crippen LogP contribution in [0.25, 0.3) is 22.2 Å². The third-order valence-electron chi connectivity index (χ3n) is 9.50. The minimum atomic E-state index is -5.34. The maximum atomic E-state index is 14.9. The number of benzene rings is 2. The molecule has 2 amide bonds. The van der Waals surface area contributed by atoms with E-state index in [2.05, 4.69) is 20.7 Å². The van der Waals surface area contributed by atoms with Crippen LogP contribution in [0.2, 0.25) is 0 Å². The largest absolute Gasteiger partial charge is 0.494 e. The fourth-order valence-electron chi connectivity index (χ4n) is 5.89. The second-order valence-electron chi connectivity index (χ2n) is 13.4. The maximum absolute atomic E-state index is 14.9. The van der Waals surface area contributed by atoms with Gasteiger partial charge in [0.25, 0.3) is 5.91 Å². The summed E-state index contributed by atoms with van der Waals surface area (Å²) in [6, 6.07) is 8.97. The Morgan fingerprint density at radius 2 is 1.83 bits per heavy atom. The van der Waals surface area contributed by atoms with Crippen LogP contribution in [-0.2, 0) is 15.8 Å². The van der Waals surface area contributed by atoms with Gasteiger partial charge >= 0.3 is 6.18 Å². The molecule has 2 fully saturated rings. The summed E-state index contributed by atoms with van der Waals surface area (Å²) in [7, 11) is 1.40. The fourth-order valence-corrected chi connectivity index (χ4v) is 5.89. The molecule has 7 rings (SSSR count). The van der Waals surface area contributed by atoms with Crippen LogP contribution in [0.4, 0.5) is 17.6 Å². The van der Waals surface area contributed by atoms with Crippen molar-refractivity contribution in [2.24, 2.45) is 0 Å². The topological polar surface area (TPSA) is 128 Å². The lowest BCUT2D eigenvalue weighted by atomic mass is 9.81. The van der Waals surface area contributed by atoms with Crippen molar-refractivity contribution in [2.75, 3.05) is 20.3 Å². The van der Waals surface area contributed by atoms with Gasteiger partial charge < -0.3 is 25.2 Å². The van der Waals surface area contributed by atoms with Gasteiger partial charge in [-0.15, -0.1) is 0 Å². The molecule has 1 aliphatic heterocycles. The van der Waals surface area contributed by atoms with Crippen molar-refractivity contribution in [3.05, 3.63) is 71.3 Å². The number of rotatable bonds is 9. The summed E-state index contributed by atoms with van der Waals surface area (Å²) in [5.74, 6) is -1.63. The zero-order valence-corrected chi connectivity index (χ0v) is 26.4. The molecule has 252 valence electrons. The van der Waals surface area contributed by atoms with E-state index in [0.717, 1.165) is 43.9 Å². The molecule has 0 spiro atoms. The Labute approximate surface area is 272 Å². The Balaban J connectivity index is 1.27. The van der Waals surface area contributed by atoms with Crippen LogP contribution in [0.1, 0.15) is 67.2 Å². The lowest BCUT2D eigenvalue weighted by molar-refractivity contribution is -0.265. The number of aliphatic hydroxyl groups is 1. The van der Waals surface area contributed by atoms with Crippen LogP contribution < -0.4 is 20.1 Å². The van der Waals surface area contributed by atoms with Crippen molar-refractivity contribution >= 4 is 22.7 Å². The third-order valence-corrected chi connectivity index (χ3v) is 9.50. The lowest BCUT2D eigenvalue weighted by Gasteiger charge is -2.32. The molecule has 2 atom stereocenters. The summed E-state index contributed by atoms with van der Waals surface area (Å²) in [5.41, 5.74) is -5.78. The standard InChI is InChI=1S/C34H33F4N5O5/c1-31(10-11-31)41-30(45)32(2)17-48-28-23(32)14-25(40-27(28)18-4-6-21(35)7-5-18)33(46,34(36,37)38)16-39-29(44)19-12-20-15-43(22-8-9-22)42-26(20)24(13-19)47-3/h4-7,12-15,22,46H,8-11,16-17H2,1-3H3,(H,39,44)(H,41,45)/t32-,33?/m0/s1. The van der Waals surface area contributed by atoms with E-state index in [0.29, 0.717) is 10.9 Å². The van der Waals surface area contributed by atoms with Crippen molar-refractivity contribution in [3.63, 3.8) is 0 Å². The van der Waals surface area contributed by atoms with Crippen LogP contribution in [0, 0.1) is 5.82 Å². The van der Waals surface area contributed by atoms with E-state index in [9.17, 15) is 32.3 Å². The number of pyridine rings is 1. The van der Waals surface area contributed by atoms with Gasteiger partial charge in [0.2, 0.25) is 11.5 Å². The minimum Gasteiger partial charge on any atom is -0.494 e. The quantitative estimate of drug-likeness (QED) is 0.213. The van der Waals surface area contributed by atoms with Crippen molar-refractivity contribution in [1.29, 1.82) is 0 Å². The second-order valence-corrected chi connectivity index (χ2v) is 13.4. The van der Waals surface area contributed by atoms with Crippen molar-refractivity contribution in [1.82, 2.24) is 25.4 Å². The summed E-state index contributed by atoms with van der Waals surface area (Å²) < 4.78 is 71.8. The number of nitrogens with zero attached hydrogens (tertiary/aromatic N) is 3. The van der Waals surface area contributed by atoms with E-state index in [-0.39, 0.29) is 46.5 Å². The summed E-state index contributed by atoms with van der Waals surface area (Å²) >= 11 is 0. The number of hydrogen-bond donors (Lipinski definition) is 3. The molecule has 3 heterocycles. The molecule has 0 saturated heterocycles. The number of amides is 2. The molecule has 3 N–H and O–H groups in total. The van der Waals surface area contributed by atoms with E-state index in [1.54, 1.807) is 17.8 Å². The van der Waals surface area contributed by atoms with Crippen LogP contribution >= 0.6 is 0 Å². The first-order valence-corrected chi connectivity index (χ1v) is 15.6. The molecule has 2 aromatic heterocycles. The molecule has 48 heavy (non-hydrogen) atoms. The number of carbonyl (C=O) groups excluding carboxylic acids is 2. The number of aromatic nitrogens is 3. The van der Waals surface area contributed by atoms with Crippen molar-refractivity contribution in [2.45, 2.75) is 68.3 Å². The van der Waals surface area contributed by atoms with E-state index in [4.69, 9.17) is 9.47 Å². The predicted octanol–water partition coefficient (Wildman–Crippen LogP) is 5.08. The Morgan fingerprint density at radius 1 is 1.12 bits per heavy atom. The first-order chi connectivity index (χ1) is 22.6. The van der Waals surface area contributed by atoms with Crippen LogP contribution in [0.3, 0.4) is 0 Å². The van der Waals surface area contributed by atoms with Gasteiger partial charge in [-0.3, -0.25) is 14.3 Å². The zero-order chi connectivity index (χ0) is 34.2. The minimum absolute atomic E-state index is 0.000600. The molecule has 10 nitrogen and oxygen atoms in total. The number of hydrogen-bond acceptors (Lipinski definition) is 7. The monoisotopic (exact) mass is 667 g/mol. The molecule has 3 aliphatic rings. The van der Waals surface area contributed by atoms with Crippen molar-refractivity contribution in [3.8, 4) is 22.8 Å². The Bertz CT molecular complexity index is 1950. The highest BCUT2D eigenvalue weighted by molar-refractivity contribution is 6.00. The molecule has 2 saturated carbocycles. The van der Waals surface area contributed by atoms with Gasteiger partial charge in [-0.25, -0.2) is 9.37 Å². The summed E-state index contributed by atoms with van der Waals surface area (Å²) in [6.07, 6.45) is -0.152. The average Bonchev–Trinajstić information content (AvgIpc) is 3.96. The van der Waals surface area contributed by atoms with Gasteiger partial charge in [0, 0.05) is 33.8 Å². The second kappa shape index (κ2) is 10.9. The van der Waals surface area contributed by atoms with E-state index >= 15 is 0 Å². The highest BCUT2D eigenvalue weighted by Gasteiger charge is 2.58. The number of alkyl halides is 3. The Morgan fingerprint density at radius 3 is 2.46 bits per heavy atom. The summed E-state index contributed by atoms with van der Waals surface area (Å²) in [6.45, 7) is 1.89. The number of ether oxygens (including phenoxy) is 2. The fraction of sp³-hybridized carbons (Fsp3) is 0.412. The Hall–Kier alpha value is -4.72. The number of halogens is 4. The van der Waals surface area contributed by atoms with Gasteiger partial charge in [0.15, 0.2) is 0 Å². The number of nitrogens with one attached hydrogen (secondary N) is 2. The maximum Gasteiger partial charge on any atom is 0.424 e. The molecule has 4 aromatic rings. The first kappa shape index (κ1) is 31.9. The molecule has 0 radical (unpaired) electrons. The van der Waals surface area contributed by atoms with Gasteiger partial charge in [0.05, 0.1) is 25.4 Å². The molecule has 0 bridgehead atoms. The van der Waals surface area contributed by atoms with Gasteiger partial charge in [-0.2, -0.15) is 18.3 Å². The van der Waals surface area contributed by atoms with Gasteiger partial charge in [0.1, 0.15) is 40.5 Å². The molecule has 2 aromatic carbocycles. The molecular formula is C34H33F4N5O5. The Kier molecular flexibility index (Phi) is 7.24. The molecular weight excluding hydrogens is 634 g/mol. The first-order valence-electron chi connectivity index (χ1n) is 15.6. The number of methoxy groups -OCH3 is 1. The van der Waals surface area contributed by atoms with Crippen LogP contribution in [0.15, 0.2) is 48.7 Å². The third kappa shape index (κ3) is 5.41. The molecule has 2 aliphatic carbocycles. The van der Waals surface area contributed by atoms with Crippen molar-refractivity contribution < 1.29 is 41.7 Å². The highest BCUT2D eigenvalue weighted by atomic mass is 19.4. The van der Waals surface area contributed by atoms with E-state index in [1.807, 2.05) is 6.92 Å². The molecule has 14 heteroatoms. The summed E-state index contributed by atoms with van der Waals surface area (Å²) in [5, 5.41) is 21.7.